The van der Waals surface area contributed by atoms with E-state index in [1.165, 1.54) is 90.3 Å². The van der Waals surface area contributed by atoms with Gasteiger partial charge < -0.3 is 20.1 Å². The van der Waals surface area contributed by atoms with E-state index in [-0.39, 0.29) is 0 Å². The van der Waals surface area contributed by atoms with Crippen molar-refractivity contribution >= 4 is 0 Å². The predicted molar refractivity (Wildman–Crippen MR) is 145 cm³/mol. The van der Waals surface area contributed by atoms with E-state index >= 15 is 0 Å². The molecule has 6 saturated heterocycles. The molecule has 36 heavy (non-hydrogen) atoms. The summed E-state index contributed by atoms with van der Waals surface area (Å²) in [5.41, 5.74) is 3.16. The van der Waals surface area contributed by atoms with Gasteiger partial charge in [0, 0.05) is 44.3 Å². The summed E-state index contributed by atoms with van der Waals surface area (Å²) in [6.45, 7) is 5.79. The largest absolute Gasteiger partial charge is 0.376 e. The Hall–Kier alpha value is -1.24. The fraction of sp³-hybridized carbons (Fsp3) is 0.742. The summed E-state index contributed by atoms with van der Waals surface area (Å²) in [7, 11) is 0. The van der Waals surface area contributed by atoms with Crippen LogP contribution in [0.15, 0.2) is 36.4 Å². The molecule has 6 fully saturated rings. The highest BCUT2D eigenvalue weighted by Gasteiger charge is 2.32. The van der Waals surface area contributed by atoms with Gasteiger partial charge in [0.25, 0.3) is 0 Å². The van der Waals surface area contributed by atoms with Gasteiger partial charge in [0.2, 0.25) is 0 Å². The summed E-state index contributed by atoms with van der Waals surface area (Å²) in [5, 5.41) is 7.05. The standard InChI is InChI=1S/C11H13N.C7H11N.C7H12O.C6H11NO/c1-2-4-10-9(3-1)8-5-6-11(10)12-7-8;2*1-2-6-4-5-7(3-1)8-6;1-2-7-3-4-8-6(1)5-7/h1-4,8,11-12H,5-7H2;4-8H,1-3H2;6-7H,1-5H2;6H,1-5H2. The van der Waals surface area contributed by atoms with Crippen molar-refractivity contribution in [3.05, 3.63) is 47.5 Å². The minimum Gasteiger partial charge on any atom is -0.376 e. The van der Waals surface area contributed by atoms with Crippen molar-refractivity contribution in [3.63, 3.8) is 0 Å². The number of ether oxygens (including phenoxy) is 2. The second-order valence-corrected chi connectivity index (χ2v) is 12.0. The molecule has 1 aliphatic carbocycles. The molecule has 0 saturated carbocycles. The molecule has 198 valence electrons. The molecule has 8 heterocycles. The zero-order chi connectivity index (χ0) is 24.2. The number of nitrogens with zero attached hydrogens (tertiary/aromatic N) is 1. The monoisotopic (exact) mass is 493 g/mol. The van der Waals surface area contributed by atoms with E-state index in [9.17, 15) is 0 Å². The first kappa shape index (κ1) is 25.1. The van der Waals surface area contributed by atoms with Gasteiger partial charge in [0.1, 0.15) is 0 Å². The maximum absolute atomic E-state index is 5.60. The molecular formula is C31H47N3O2. The number of hydrogen-bond donors (Lipinski definition) is 2. The maximum Gasteiger partial charge on any atom is 0.0714 e. The Labute approximate surface area is 218 Å². The van der Waals surface area contributed by atoms with Crippen LogP contribution >= 0.6 is 0 Å². The van der Waals surface area contributed by atoms with Gasteiger partial charge in [0.05, 0.1) is 24.9 Å². The fourth-order valence-electron chi connectivity index (χ4n) is 7.42. The molecule has 5 nitrogen and oxygen atoms in total. The Morgan fingerprint density at radius 1 is 0.722 bits per heavy atom. The number of hydrogen-bond acceptors (Lipinski definition) is 5. The SMILES string of the molecule is C1=CC2CCCC1N2.C1CC2CCC(C1)O2.C1CN2CCC(C2)O1.c1ccc2c(c1)C1CCC2NC1. The molecule has 0 spiro atoms. The van der Waals surface area contributed by atoms with Crippen molar-refractivity contribution in [2.75, 3.05) is 32.8 Å². The van der Waals surface area contributed by atoms with Gasteiger partial charge in [-0.15, -0.1) is 0 Å². The van der Waals surface area contributed by atoms with Gasteiger partial charge in [-0.1, -0.05) is 36.4 Å². The molecule has 8 unspecified atom stereocenters. The van der Waals surface area contributed by atoms with Crippen molar-refractivity contribution in [3.8, 4) is 0 Å². The zero-order valence-corrected chi connectivity index (χ0v) is 22.1. The molecule has 10 rings (SSSR count). The summed E-state index contributed by atoms with van der Waals surface area (Å²) in [6.07, 6.45) is 21.4. The highest BCUT2D eigenvalue weighted by atomic mass is 16.5. The smallest absolute Gasteiger partial charge is 0.0714 e. The van der Waals surface area contributed by atoms with Crippen LogP contribution in [0.5, 0.6) is 0 Å². The first-order valence-corrected chi connectivity index (χ1v) is 15.1. The van der Waals surface area contributed by atoms with Crippen molar-refractivity contribution in [1.82, 2.24) is 15.5 Å². The van der Waals surface area contributed by atoms with E-state index in [2.05, 4.69) is 52.0 Å². The highest BCUT2D eigenvalue weighted by molar-refractivity contribution is 5.37. The summed E-state index contributed by atoms with van der Waals surface area (Å²) >= 11 is 0. The predicted octanol–water partition coefficient (Wildman–Crippen LogP) is 5.08. The van der Waals surface area contributed by atoms with Crippen molar-refractivity contribution < 1.29 is 9.47 Å². The van der Waals surface area contributed by atoms with Gasteiger partial charge >= 0.3 is 0 Å². The Kier molecular flexibility index (Phi) is 8.41. The first-order chi connectivity index (χ1) is 17.8. The normalized spacial score (nSPS) is 40.1. The van der Waals surface area contributed by atoms with E-state index in [0.717, 1.165) is 31.2 Å². The molecule has 5 heteroatoms. The van der Waals surface area contributed by atoms with Crippen molar-refractivity contribution in [1.29, 1.82) is 0 Å². The third-order valence-electron chi connectivity index (χ3n) is 9.50. The average Bonchev–Trinajstić information content (AvgIpc) is 3.59. The van der Waals surface area contributed by atoms with E-state index in [1.54, 1.807) is 11.1 Å². The van der Waals surface area contributed by atoms with Gasteiger partial charge in [-0.2, -0.15) is 0 Å². The van der Waals surface area contributed by atoms with Crippen molar-refractivity contribution in [2.24, 2.45) is 0 Å². The van der Waals surface area contributed by atoms with E-state index < -0.39 is 0 Å². The molecule has 0 amide bonds. The Morgan fingerprint density at radius 3 is 2.08 bits per heavy atom. The van der Waals surface area contributed by atoms with Crippen LogP contribution < -0.4 is 10.6 Å². The molecule has 8 bridgehead atoms. The fourth-order valence-corrected chi connectivity index (χ4v) is 7.42. The first-order valence-electron chi connectivity index (χ1n) is 15.1. The second-order valence-electron chi connectivity index (χ2n) is 12.0. The topological polar surface area (TPSA) is 45.8 Å². The number of fused-ring (bicyclic) bond motifs is 8. The number of piperidine rings is 2. The van der Waals surface area contributed by atoms with E-state index in [4.69, 9.17) is 9.47 Å². The maximum atomic E-state index is 5.60. The molecule has 1 aromatic carbocycles. The van der Waals surface area contributed by atoms with Crippen LogP contribution in [0.4, 0.5) is 0 Å². The molecule has 1 aromatic rings. The van der Waals surface area contributed by atoms with Crippen LogP contribution in [0.3, 0.4) is 0 Å². The zero-order valence-electron chi connectivity index (χ0n) is 22.1. The highest BCUT2D eigenvalue weighted by Crippen LogP contribution is 2.41. The van der Waals surface area contributed by atoms with Gasteiger partial charge in [0.15, 0.2) is 0 Å². The quantitative estimate of drug-likeness (QED) is 0.493. The molecular weight excluding hydrogens is 446 g/mol. The average molecular weight is 494 g/mol. The third kappa shape index (κ3) is 6.24. The Morgan fingerprint density at radius 2 is 1.47 bits per heavy atom. The molecule has 8 atom stereocenters. The Bertz CT molecular complexity index is 772. The lowest BCUT2D eigenvalue weighted by Crippen LogP contribution is -2.38. The van der Waals surface area contributed by atoms with Gasteiger partial charge in [-0.3, -0.25) is 4.90 Å². The number of benzene rings is 1. The minimum absolute atomic E-state index is 0.587. The molecule has 0 aromatic heterocycles. The number of morpholine rings is 1. The lowest BCUT2D eigenvalue weighted by Gasteiger charge is -2.39. The van der Waals surface area contributed by atoms with Crippen LogP contribution in [-0.4, -0.2) is 68.1 Å². The number of rotatable bonds is 0. The van der Waals surface area contributed by atoms with Gasteiger partial charge in [-0.05, 0) is 87.7 Å². The van der Waals surface area contributed by atoms with E-state index in [0.29, 0.717) is 24.4 Å². The third-order valence-corrected chi connectivity index (χ3v) is 9.50. The van der Waals surface area contributed by atoms with Crippen molar-refractivity contribution in [2.45, 2.75) is 113 Å². The summed E-state index contributed by atoms with van der Waals surface area (Å²) in [4.78, 5) is 2.47. The molecule has 2 N–H and O–H groups in total. The van der Waals surface area contributed by atoms with Crippen LogP contribution in [0.2, 0.25) is 0 Å². The van der Waals surface area contributed by atoms with Crippen LogP contribution in [-0.2, 0) is 9.47 Å². The van der Waals surface area contributed by atoms with Crippen LogP contribution in [0.25, 0.3) is 0 Å². The molecule has 0 radical (unpaired) electrons. The van der Waals surface area contributed by atoms with Crippen LogP contribution in [0, 0.1) is 0 Å². The van der Waals surface area contributed by atoms with E-state index in [1.807, 2.05) is 0 Å². The lowest BCUT2D eigenvalue weighted by molar-refractivity contribution is 0.00574. The summed E-state index contributed by atoms with van der Waals surface area (Å²) in [5.74, 6) is 0.797. The molecule has 9 aliphatic rings. The lowest BCUT2D eigenvalue weighted by atomic mass is 9.76. The second kappa shape index (κ2) is 12.1. The number of nitrogens with one attached hydrogen (secondary N) is 2. The summed E-state index contributed by atoms with van der Waals surface area (Å²) in [6, 6.07) is 11.0. The Balaban J connectivity index is 0.0000000906. The van der Waals surface area contributed by atoms with Gasteiger partial charge in [-0.25, -0.2) is 0 Å². The minimum atomic E-state index is 0.587. The molecule has 8 aliphatic heterocycles. The van der Waals surface area contributed by atoms with Crippen LogP contribution in [0.1, 0.15) is 93.7 Å². The summed E-state index contributed by atoms with van der Waals surface area (Å²) < 4.78 is 11.0.